The minimum atomic E-state index is -1.18. The highest BCUT2D eigenvalue weighted by Crippen LogP contribution is 2.36. The summed E-state index contributed by atoms with van der Waals surface area (Å²) in [4.78, 5) is 0. The zero-order chi connectivity index (χ0) is 10.3. The number of aliphatic hydroxyl groups is 1. The average molecular weight is 214 g/mol. The second-order valence-electron chi connectivity index (χ2n) is 3.66. The van der Waals surface area contributed by atoms with E-state index in [0.29, 0.717) is 10.8 Å². The molecular formula is C10H12ClNO2. The molecule has 0 aliphatic carbocycles. The van der Waals surface area contributed by atoms with Crippen LogP contribution in [0.2, 0.25) is 5.02 Å². The monoisotopic (exact) mass is 213 g/mol. The molecule has 1 aliphatic rings. The van der Waals surface area contributed by atoms with Gasteiger partial charge in [0.25, 0.3) is 0 Å². The molecule has 0 saturated heterocycles. The van der Waals surface area contributed by atoms with Crippen LogP contribution in [0.1, 0.15) is 13.8 Å². The summed E-state index contributed by atoms with van der Waals surface area (Å²) in [5.41, 5.74) is 0.816. The molecule has 3 nitrogen and oxygen atoms in total. The van der Waals surface area contributed by atoms with E-state index in [1.807, 2.05) is 6.92 Å². The average Bonchev–Trinajstić information content (AvgIpc) is 2.08. The molecule has 0 spiro atoms. The summed E-state index contributed by atoms with van der Waals surface area (Å²) in [5.74, 6) is -0.557. The highest BCUT2D eigenvalue weighted by molar-refractivity contribution is 6.30. The molecule has 0 radical (unpaired) electrons. The summed E-state index contributed by atoms with van der Waals surface area (Å²) < 4.78 is 5.42. The number of halogens is 1. The van der Waals surface area contributed by atoms with Gasteiger partial charge in [-0.15, -0.1) is 0 Å². The van der Waals surface area contributed by atoms with Gasteiger partial charge in [-0.3, -0.25) is 0 Å². The van der Waals surface area contributed by atoms with Crippen LogP contribution in [0.5, 0.6) is 5.75 Å². The first-order valence-corrected chi connectivity index (χ1v) is 4.84. The van der Waals surface area contributed by atoms with Gasteiger partial charge >= 0.3 is 0 Å². The Bertz CT molecular complexity index is 365. The Morgan fingerprint density at radius 2 is 2.29 bits per heavy atom. The molecule has 2 atom stereocenters. The summed E-state index contributed by atoms with van der Waals surface area (Å²) >= 11 is 5.84. The van der Waals surface area contributed by atoms with Gasteiger partial charge in [-0.05, 0) is 25.1 Å². The predicted octanol–water partition coefficient (Wildman–Crippen LogP) is 2.24. The van der Waals surface area contributed by atoms with E-state index < -0.39 is 5.79 Å². The number of nitrogens with one attached hydrogen (secondary N) is 1. The number of benzene rings is 1. The molecule has 1 aromatic carbocycles. The third kappa shape index (κ3) is 1.53. The predicted molar refractivity (Wildman–Crippen MR) is 55.8 cm³/mol. The van der Waals surface area contributed by atoms with Gasteiger partial charge in [0.05, 0.1) is 11.7 Å². The number of fused-ring (bicyclic) bond motifs is 1. The lowest BCUT2D eigenvalue weighted by molar-refractivity contribution is -0.135. The molecule has 0 saturated carbocycles. The molecule has 1 heterocycles. The van der Waals surface area contributed by atoms with Crippen molar-refractivity contribution in [1.82, 2.24) is 0 Å². The third-order valence-electron chi connectivity index (χ3n) is 2.43. The van der Waals surface area contributed by atoms with Crippen molar-refractivity contribution < 1.29 is 9.84 Å². The summed E-state index contributed by atoms with van der Waals surface area (Å²) in [6.07, 6.45) is 0. The zero-order valence-corrected chi connectivity index (χ0v) is 8.80. The van der Waals surface area contributed by atoms with E-state index in [1.54, 1.807) is 25.1 Å². The van der Waals surface area contributed by atoms with Crippen LogP contribution in [-0.2, 0) is 0 Å². The van der Waals surface area contributed by atoms with Crippen molar-refractivity contribution in [2.24, 2.45) is 0 Å². The summed E-state index contributed by atoms with van der Waals surface area (Å²) in [6, 6.07) is 5.08. The molecule has 14 heavy (non-hydrogen) atoms. The summed E-state index contributed by atoms with van der Waals surface area (Å²) in [7, 11) is 0. The first-order valence-electron chi connectivity index (χ1n) is 4.46. The first kappa shape index (κ1) is 9.62. The van der Waals surface area contributed by atoms with Gasteiger partial charge in [-0.1, -0.05) is 11.6 Å². The number of hydrogen-bond donors (Lipinski definition) is 2. The van der Waals surface area contributed by atoms with E-state index in [4.69, 9.17) is 16.3 Å². The molecule has 2 unspecified atom stereocenters. The largest absolute Gasteiger partial charge is 0.458 e. The topological polar surface area (TPSA) is 41.5 Å². The van der Waals surface area contributed by atoms with E-state index in [-0.39, 0.29) is 6.04 Å². The number of hydrogen-bond acceptors (Lipinski definition) is 3. The van der Waals surface area contributed by atoms with Crippen LogP contribution in [-0.4, -0.2) is 16.9 Å². The maximum absolute atomic E-state index is 9.84. The lowest BCUT2D eigenvalue weighted by Crippen LogP contribution is -2.50. The van der Waals surface area contributed by atoms with E-state index in [2.05, 4.69) is 5.32 Å². The van der Waals surface area contributed by atoms with E-state index in [0.717, 1.165) is 5.69 Å². The molecular weight excluding hydrogens is 202 g/mol. The van der Waals surface area contributed by atoms with Crippen molar-refractivity contribution in [2.75, 3.05) is 5.32 Å². The Labute approximate surface area is 87.6 Å². The maximum Gasteiger partial charge on any atom is 0.225 e. The fourth-order valence-electron chi connectivity index (χ4n) is 1.38. The second-order valence-corrected chi connectivity index (χ2v) is 4.10. The Kier molecular flexibility index (Phi) is 2.09. The quantitative estimate of drug-likeness (QED) is 0.695. The molecule has 76 valence electrons. The molecule has 4 heteroatoms. The van der Waals surface area contributed by atoms with E-state index >= 15 is 0 Å². The van der Waals surface area contributed by atoms with Gasteiger partial charge in [-0.25, -0.2) is 0 Å². The van der Waals surface area contributed by atoms with Crippen LogP contribution in [0, 0.1) is 0 Å². The molecule has 0 amide bonds. The van der Waals surface area contributed by atoms with Gasteiger partial charge in [0.1, 0.15) is 5.75 Å². The van der Waals surface area contributed by atoms with Crippen molar-refractivity contribution in [2.45, 2.75) is 25.7 Å². The molecule has 1 aliphatic heterocycles. The van der Waals surface area contributed by atoms with Gasteiger partial charge in [0.15, 0.2) is 0 Å². The van der Waals surface area contributed by atoms with Gasteiger partial charge in [0.2, 0.25) is 5.79 Å². The van der Waals surface area contributed by atoms with Crippen LogP contribution < -0.4 is 10.1 Å². The number of rotatable bonds is 0. The fourth-order valence-corrected chi connectivity index (χ4v) is 1.55. The lowest BCUT2D eigenvalue weighted by atomic mass is 10.1. The van der Waals surface area contributed by atoms with E-state index in [9.17, 15) is 5.11 Å². The number of ether oxygens (including phenoxy) is 1. The molecule has 2 N–H and O–H groups in total. The molecule has 0 fully saturated rings. The lowest BCUT2D eigenvalue weighted by Gasteiger charge is -2.37. The van der Waals surface area contributed by atoms with Gasteiger partial charge in [-0.2, -0.15) is 0 Å². The second kappa shape index (κ2) is 3.04. The van der Waals surface area contributed by atoms with Crippen molar-refractivity contribution in [1.29, 1.82) is 0 Å². The zero-order valence-electron chi connectivity index (χ0n) is 8.04. The molecule has 1 aromatic rings. The number of anilines is 1. The highest BCUT2D eigenvalue weighted by Gasteiger charge is 2.35. The maximum atomic E-state index is 9.84. The van der Waals surface area contributed by atoms with Gasteiger partial charge < -0.3 is 15.2 Å². The van der Waals surface area contributed by atoms with Crippen LogP contribution >= 0.6 is 11.6 Å². The van der Waals surface area contributed by atoms with Crippen molar-refractivity contribution in [3.05, 3.63) is 23.2 Å². The van der Waals surface area contributed by atoms with Gasteiger partial charge in [0, 0.05) is 11.9 Å². The smallest absolute Gasteiger partial charge is 0.225 e. The fraction of sp³-hybridized carbons (Fsp3) is 0.400. The van der Waals surface area contributed by atoms with Crippen LogP contribution in [0.15, 0.2) is 18.2 Å². The summed E-state index contributed by atoms with van der Waals surface area (Å²) in [6.45, 7) is 3.48. The van der Waals surface area contributed by atoms with Crippen molar-refractivity contribution in [3.63, 3.8) is 0 Å². The Morgan fingerprint density at radius 3 is 3.00 bits per heavy atom. The van der Waals surface area contributed by atoms with Crippen LogP contribution in [0.3, 0.4) is 0 Å². The summed E-state index contributed by atoms with van der Waals surface area (Å²) in [5, 5.41) is 13.6. The first-order chi connectivity index (χ1) is 6.49. The SMILES string of the molecule is CC1Nc2cc(Cl)ccc2OC1(C)O. The van der Waals surface area contributed by atoms with Crippen LogP contribution in [0.25, 0.3) is 0 Å². The highest BCUT2D eigenvalue weighted by atomic mass is 35.5. The Morgan fingerprint density at radius 1 is 1.57 bits per heavy atom. The van der Waals surface area contributed by atoms with Crippen molar-refractivity contribution >= 4 is 17.3 Å². The van der Waals surface area contributed by atoms with Crippen molar-refractivity contribution in [3.8, 4) is 5.75 Å². The van der Waals surface area contributed by atoms with E-state index in [1.165, 1.54) is 0 Å². The normalized spacial score (nSPS) is 30.1. The molecule has 0 bridgehead atoms. The van der Waals surface area contributed by atoms with Crippen LogP contribution in [0.4, 0.5) is 5.69 Å². The standard InChI is InChI=1S/C10H12ClNO2/c1-6-10(2,13)14-9-4-3-7(11)5-8(9)12-6/h3-6,12-13H,1-2H3. The molecule has 0 aromatic heterocycles. The minimum Gasteiger partial charge on any atom is -0.458 e. The Hall–Kier alpha value is -0.930. The minimum absolute atomic E-state index is 0.173. The third-order valence-corrected chi connectivity index (χ3v) is 2.67. The Balaban J connectivity index is 2.41. The molecule has 2 rings (SSSR count).